The van der Waals surface area contributed by atoms with E-state index < -0.39 is 0 Å². The molecule has 11 aromatic rings. The SMILES string of the molecule is c1ccc(-c2nc(-c3cc(-c4ccc5c(c4)sc4ccccc45)cc(-c4cccc5c4sc4ccccc45)c3)nc(-c3ccc4ccccc4c3)n2)cc1. The largest absolute Gasteiger partial charge is 0.208 e. The Morgan fingerprint density at radius 1 is 0.296 bits per heavy atom. The number of thiophene rings is 2. The van der Waals surface area contributed by atoms with E-state index >= 15 is 0 Å². The zero-order valence-corrected chi connectivity index (χ0v) is 30.5. The molecule has 8 aromatic carbocycles. The third kappa shape index (κ3) is 5.28. The summed E-state index contributed by atoms with van der Waals surface area (Å²) in [5.74, 6) is 1.94. The van der Waals surface area contributed by atoms with E-state index in [9.17, 15) is 0 Å². The topological polar surface area (TPSA) is 38.7 Å². The number of nitrogens with zero attached hydrogens (tertiary/aromatic N) is 3. The molecule has 0 spiro atoms. The summed E-state index contributed by atoms with van der Waals surface area (Å²) < 4.78 is 5.14. The Kier molecular flexibility index (Phi) is 7.22. The maximum atomic E-state index is 5.23. The maximum Gasteiger partial charge on any atom is 0.164 e. The van der Waals surface area contributed by atoms with Crippen LogP contribution in [0.5, 0.6) is 0 Å². The zero-order chi connectivity index (χ0) is 35.6. The summed E-state index contributed by atoms with van der Waals surface area (Å²) in [6.45, 7) is 0. The van der Waals surface area contributed by atoms with E-state index in [2.05, 4.69) is 158 Å². The predicted molar refractivity (Wildman–Crippen MR) is 230 cm³/mol. The first-order valence-corrected chi connectivity index (χ1v) is 19.6. The summed E-state index contributed by atoms with van der Waals surface area (Å²) in [5.41, 5.74) is 7.46. The lowest BCUT2D eigenvalue weighted by atomic mass is 9.94. The molecule has 252 valence electrons. The number of rotatable bonds is 5. The fourth-order valence-corrected chi connectivity index (χ4v) is 10.0. The van der Waals surface area contributed by atoms with Crippen molar-refractivity contribution in [1.82, 2.24) is 15.0 Å². The van der Waals surface area contributed by atoms with Crippen LogP contribution in [0.4, 0.5) is 0 Å². The van der Waals surface area contributed by atoms with Gasteiger partial charge in [-0.25, -0.2) is 15.0 Å². The van der Waals surface area contributed by atoms with Crippen molar-refractivity contribution in [1.29, 1.82) is 0 Å². The number of hydrogen-bond acceptors (Lipinski definition) is 5. The van der Waals surface area contributed by atoms with Crippen molar-refractivity contribution >= 4 is 73.8 Å². The average Bonchev–Trinajstić information content (AvgIpc) is 3.82. The predicted octanol–water partition coefficient (Wildman–Crippen LogP) is 14.1. The lowest BCUT2D eigenvalue weighted by Gasteiger charge is -2.13. The molecule has 0 saturated carbocycles. The fraction of sp³-hybridized carbons (Fsp3) is 0. The molecule has 3 heterocycles. The van der Waals surface area contributed by atoms with Crippen molar-refractivity contribution in [3.8, 4) is 56.4 Å². The first-order chi connectivity index (χ1) is 26.7. The van der Waals surface area contributed by atoms with Gasteiger partial charge < -0.3 is 0 Å². The second-order valence-electron chi connectivity index (χ2n) is 13.6. The van der Waals surface area contributed by atoms with Gasteiger partial charge in [0.2, 0.25) is 0 Å². The first kappa shape index (κ1) is 31.0. The maximum absolute atomic E-state index is 5.23. The third-order valence-electron chi connectivity index (χ3n) is 10.3. The quantitative estimate of drug-likeness (QED) is 0.177. The minimum atomic E-state index is 0.640. The molecule has 0 radical (unpaired) electrons. The minimum Gasteiger partial charge on any atom is -0.208 e. The van der Waals surface area contributed by atoms with Crippen molar-refractivity contribution in [2.75, 3.05) is 0 Å². The molecule has 5 heteroatoms. The van der Waals surface area contributed by atoms with E-state index in [4.69, 9.17) is 15.0 Å². The molecular formula is C49H29N3S2. The summed E-state index contributed by atoms with van der Waals surface area (Å²) in [7, 11) is 0. The first-order valence-electron chi connectivity index (χ1n) is 18.0. The monoisotopic (exact) mass is 723 g/mol. The van der Waals surface area contributed by atoms with Crippen LogP contribution in [0.1, 0.15) is 0 Å². The molecule has 0 aliphatic heterocycles. The second-order valence-corrected chi connectivity index (χ2v) is 15.8. The van der Waals surface area contributed by atoms with Crippen molar-refractivity contribution in [2.45, 2.75) is 0 Å². The number of aromatic nitrogens is 3. The fourth-order valence-electron chi connectivity index (χ4n) is 7.64. The molecule has 0 aliphatic rings. The van der Waals surface area contributed by atoms with E-state index in [1.54, 1.807) is 0 Å². The van der Waals surface area contributed by atoms with E-state index in [0.717, 1.165) is 38.8 Å². The minimum absolute atomic E-state index is 0.640. The van der Waals surface area contributed by atoms with Crippen molar-refractivity contribution in [3.05, 3.63) is 176 Å². The van der Waals surface area contributed by atoms with Gasteiger partial charge in [0, 0.05) is 57.0 Å². The summed E-state index contributed by atoms with van der Waals surface area (Å²) in [5, 5.41) is 7.48. The summed E-state index contributed by atoms with van der Waals surface area (Å²) >= 11 is 3.70. The molecule has 3 aromatic heterocycles. The van der Waals surface area contributed by atoms with Crippen molar-refractivity contribution in [2.24, 2.45) is 0 Å². The van der Waals surface area contributed by atoms with Crippen LogP contribution in [0.25, 0.3) is 108 Å². The summed E-state index contributed by atoms with van der Waals surface area (Å²) in [6, 6.07) is 62.8. The van der Waals surface area contributed by atoms with Gasteiger partial charge in [0.1, 0.15) is 0 Å². The highest BCUT2D eigenvalue weighted by atomic mass is 32.1. The van der Waals surface area contributed by atoms with Crippen LogP contribution in [0, 0.1) is 0 Å². The van der Waals surface area contributed by atoms with Gasteiger partial charge in [0.25, 0.3) is 0 Å². The Morgan fingerprint density at radius 2 is 0.889 bits per heavy atom. The standard InChI is InChI=1S/C49H29N3S2/c1-2-12-31(13-3-1)47-50-48(34-22-21-30-11-4-5-14-32(30)25-34)52-49(51-47)37-27-35(33-23-24-41-39-15-6-8-19-43(39)53-45(41)29-33)26-36(28-37)38-17-10-18-42-40-16-7-9-20-44(40)54-46(38)42/h1-29H. The normalized spacial score (nSPS) is 11.7. The Balaban J connectivity index is 1.16. The van der Waals surface area contributed by atoms with Gasteiger partial charge in [0.05, 0.1) is 0 Å². The van der Waals surface area contributed by atoms with Gasteiger partial charge in [-0.1, -0.05) is 133 Å². The van der Waals surface area contributed by atoms with E-state index in [-0.39, 0.29) is 0 Å². The summed E-state index contributed by atoms with van der Waals surface area (Å²) in [4.78, 5) is 15.5. The molecule has 0 atom stereocenters. The Labute approximate surface area is 319 Å². The highest BCUT2D eigenvalue weighted by molar-refractivity contribution is 7.26. The second kappa shape index (κ2) is 12.6. The van der Waals surface area contributed by atoms with Gasteiger partial charge in [0.15, 0.2) is 17.5 Å². The number of hydrogen-bond donors (Lipinski definition) is 0. The average molecular weight is 724 g/mol. The van der Waals surface area contributed by atoms with Crippen LogP contribution in [-0.2, 0) is 0 Å². The molecule has 0 fully saturated rings. The lowest BCUT2D eigenvalue weighted by Crippen LogP contribution is -2.00. The van der Waals surface area contributed by atoms with Crippen LogP contribution >= 0.6 is 22.7 Å². The molecule has 54 heavy (non-hydrogen) atoms. The number of fused-ring (bicyclic) bond motifs is 7. The number of benzene rings is 8. The third-order valence-corrected chi connectivity index (χ3v) is 12.6. The molecule has 0 N–H and O–H groups in total. The van der Waals surface area contributed by atoms with Crippen LogP contribution in [-0.4, -0.2) is 15.0 Å². The van der Waals surface area contributed by atoms with Crippen LogP contribution in [0.3, 0.4) is 0 Å². The molecule has 0 bridgehead atoms. The highest BCUT2D eigenvalue weighted by Gasteiger charge is 2.18. The van der Waals surface area contributed by atoms with Crippen molar-refractivity contribution in [3.63, 3.8) is 0 Å². The Hall–Kier alpha value is -6.53. The molecule has 0 saturated heterocycles. The molecule has 0 aliphatic carbocycles. The van der Waals surface area contributed by atoms with Gasteiger partial charge >= 0.3 is 0 Å². The van der Waals surface area contributed by atoms with Gasteiger partial charge in [-0.05, 0) is 75.5 Å². The highest BCUT2D eigenvalue weighted by Crippen LogP contribution is 2.43. The van der Waals surface area contributed by atoms with Crippen LogP contribution < -0.4 is 0 Å². The van der Waals surface area contributed by atoms with Gasteiger partial charge in [-0.3, -0.25) is 0 Å². The molecule has 3 nitrogen and oxygen atoms in total. The zero-order valence-electron chi connectivity index (χ0n) is 28.9. The smallest absolute Gasteiger partial charge is 0.164 e. The van der Waals surface area contributed by atoms with Crippen LogP contribution in [0.15, 0.2) is 176 Å². The Morgan fingerprint density at radius 3 is 1.72 bits per heavy atom. The molecule has 0 unspecified atom stereocenters. The van der Waals surface area contributed by atoms with E-state index in [1.807, 2.05) is 40.9 Å². The van der Waals surface area contributed by atoms with Crippen LogP contribution in [0.2, 0.25) is 0 Å². The molecular weight excluding hydrogens is 695 g/mol. The van der Waals surface area contributed by atoms with Crippen molar-refractivity contribution < 1.29 is 0 Å². The van der Waals surface area contributed by atoms with Gasteiger partial charge in [-0.2, -0.15) is 0 Å². The lowest BCUT2D eigenvalue weighted by molar-refractivity contribution is 1.07. The van der Waals surface area contributed by atoms with Gasteiger partial charge in [-0.15, -0.1) is 22.7 Å². The molecule has 0 amide bonds. The Bertz CT molecular complexity index is 3230. The van der Waals surface area contributed by atoms with E-state index in [0.29, 0.717) is 17.5 Å². The summed E-state index contributed by atoms with van der Waals surface area (Å²) in [6.07, 6.45) is 0. The molecule has 11 rings (SSSR count). The van der Waals surface area contributed by atoms with E-state index in [1.165, 1.54) is 51.3 Å².